The quantitative estimate of drug-likeness (QED) is 0.785. The minimum atomic E-state index is -0.616. The van der Waals surface area contributed by atoms with Crippen LogP contribution in [0.2, 0.25) is 0 Å². The van der Waals surface area contributed by atoms with Gasteiger partial charge in [-0.3, -0.25) is 9.59 Å². The molecule has 3 fully saturated rings. The Hall–Kier alpha value is -1.10. The van der Waals surface area contributed by atoms with Crippen LogP contribution in [0.4, 0.5) is 0 Å². The van der Waals surface area contributed by atoms with Crippen LogP contribution in [-0.2, 0) is 14.3 Å². The van der Waals surface area contributed by atoms with Gasteiger partial charge >= 0.3 is 0 Å². The zero-order chi connectivity index (χ0) is 14.2. The first-order valence-corrected chi connectivity index (χ1v) is 7.77. The molecule has 2 amide bonds. The second-order valence-electron chi connectivity index (χ2n) is 6.69. The molecule has 1 spiro atoms. The van der Waals surface area contributed by atoms with E-state index >= 15 is 0 Å². The highest BCUT2D eigenvalue weighted by atomic mass is 16.5. The van der Waals surface area contributed by atoms with Crippen molar-refractivity contribution in [1.82, 2.24) is 10.2 Å². The van der Waals surface area contributed by atoms with Crippen molar-refractivity contribution in [3.63, 3.8) is 0 Å². The topological polar surface area (TPSA) is 58.6 Å². The number of carbonyl (C=O) groups excluding carboxylic acids is 2. The predicted molar refractivity (Wildman–Crippen MR) is 74.1 cm³/mol. The fourth-order valence-electron chi connectivity index (χ4n) is 3.84. The Labute approximate surface area is 120 Å². The fourth-order valence-corrected chi connectivity index (χ4v) is 3.84. The molecule has 112 valence electrons. The van der Waals surface area contributed by atoms with Crippen LogP contribution < -0.4 is 5.32 Å². The molecule has 0 radical (unpaired) electrons. The van der Waals surface area contributed by atoms with Gasteiger partial charge in [-0.1, -0.05) is 19.3 Å². The van der Waals surface area contributed by atoms with Crippen molar-refractivity contribution in [3.8, 4) is 0 Å². The first-order chi connectivity index (χ1) is 9.56. The van der Waals surface area contributed by atoms with Gasteiger partial charge in [0, 0.05) is 18.8 Å². The zero-order valence-corrected chi connectivity index (χ0v) is 12.2. The molecule has 0 aromatic heterocycles. The molecular formula is C15H24N2O3. The summed E-state index contributed by atoms with van der Waals surface area (Å²) < 4.78 is 5.42. The van der Waals surface area contributed by atoms with Crippen molar-refractivity contribution in [2.75, 3.05) is 19.8 Å². The Morgan fingerprint density at radius 2 is 1.70 bits per heavy atom. The number of nitrogens with one attached hydrogen (secondary N) is 1. The molecule has 0 aromatic rings. The van der Waals surface area contributed by atoms with Gasteiger partial charge in [-0.05, 0) is 32.6 Å². The summed E-state index contributed by atoms with van der Waals surface area (Å²) in [4.78, 5) is 27.0. The number of amides is 2. The van der Waals surface area contributed by atoms with Crippen LogP contribution in [0.1, 0.15) is 51.9 Å². The van der Waals surface area contributed by atoms with Gasteiger partial charge in [-0.2, -0.15) is 0 Å². The molecule has 5 heteroatoms. The van der Waals surface area contributed by atoms with E-state index in [4.69, 9.17) is 4.74 Å². The van der Waals surface area contributed by atoms with Crippen molar-refractivity contribution in [2.24, 2.45) is 0 Å². The number of hydrogen-bond acceptors (Lipinski definition) is 3. The summed E-state index contributed by atoms with van der Waals surface area (Å²) in [6.45, 7) is 3.66. The van der Waals surface area contributed by atoms with Crippen molar-refractivity contribution in [2.45, 2.75) is 62.9 Å². The Morgan fingerprint density at radius 1 is 1.05 bits per heavy atom. The minimum absolute atomic E-state index is 0.000725. The van der Waals surface area contributed by atoms with Crippen LogP contribution >= 0.6 is 0 Å². The Kier molecular flexibility index (Phi) is 3.48. The third kappa shape index (κ3) is 2.22. The van der Waals surface area contributed by atoms with E-state index < -0.39 is 5.54 Å². The molecule has 1 aliphatic carbocycles. The molecule has 20 heavy (non-hydrogen) atoms. The molecule has 0 bridgehead atoms. The fraction of sp³-hybridized carbons (Fsp3) is 0.867. The van der Waals surface area contributed by atoms with E-state index in [1.165, 1.54) is 0 Å². The molecular weight excluding hydrogens is 256 g/mol. The highest BCUT2D eigenvalue weighted by Gasteiger charge is 2.51. The van der Waals surface area contributed by atoms with Crippen LogP contribution in [-0.4, -0.2) is 47.6 Å². The summed E-state index contributed by atoms with van der Waals surface area (Å²) in [5.41, 5.74) is -0.841. The lowest BCUT2D eigenvalue weighted by Gasteiger charge is -2.51. The van der Waals surface area contributed by atoms with Crippen LogP contribution in [0, 0.1) is 0 Å². The van der Waals surface area contributed by atoms with Gasteiger partial charge in [0.2, 0.25) is 11.8 Å². The lowest BCUT2D eigenvalue weighted by atomic mass is 9.77. The van der Waals surface area contributed by atoms with Gasteiger partial charge in [0.05, 0.1) is 0 Å². The standard InChI is InChI=1S/C15H24N2O3/c1-14(7-9-20-10-8-14)17-11-12(18)16-15(13(17)19)5-3-2-4-6-15/h2-11H2,1H3,(H,16,18). The maximum Gasteiger partial charge on any atom is 0.249 e. The van der Waals surface area contributed by atoms with Gasteiger partial charge in [-0.15, -0.1) is 0 Å². The summed E-state index contributed by atoms with van der Waals surface area (Å²) in [5.74, 6) is 0.139. The van der Waals surface area contributed by atoms with Crippen molar-refractivity contribution < 1.29 is 14.3 Å². The van der Waals surface area contributed by atoms with E-state index in [1.807, 2.05) is 4.90 Å². The smallest absolute Gasteiger partial charge is 0.249 e. The monoisotopic (exact) mass is 280 g/mol. The second-order valence-corrected chi connectivity index (χ2v) is 6.69. The number of ether oxygens (including phenoxy) is 1. The lowest BCUT2D eigenvalue weighted by Crippen LogP contribution is -2.71. The molecule has 2 saturated heterocycles. The number of carbonyl (C=O) groups is 2. The molecule has 3 aliphatic rings. The number of piperazine rings is 1. The third-order valence-electron chi connectivity index (χ3n) is 5.26. The van der Waals surface area contributed by atoms with Gasteiger partial charge in [0.25, 0.3) is 0 Å². The number of nitrogens with zero attached hydrogens (tertiary/aromatic N) is 1. The molecule has 0 aromatic carbocycles. The summed E-state index contributed by atoms with van der Waals surface area (Å²) in [6.07, 6.45) is 6.45. The molecule has 2 aliphatic heterocycles. The molecule has 0 atom stereocenters. The molecule has 3 rings (SSSR count). The van der Waals surface area contributed by atoms with Crippen LogP contribution in [0.25, 0.3) is 0 Å². The highest BCUT2D eigenvalue weighted by molar-refractivity contribution is 5.98. The number of hydrogen-bond donors (Lipinski definition) is 1. The van der Waals surface area contributed by atoms with E-state index in [0.29, 0.717) is 13.2 Å². The zero-order valence-electron chi connectivity index (χ0n) is 12.2. The maximum absolute atomic E-state index is 13.0. The normalized spacial score (nSPS) is 29.4. The van der Waals surface area contributed by atoms with Crippen LogP contribution in [0.15, 0.2) is 0 Å². The van der Waals surface area contributed by atoms with Gasteiger partial charge in [0.1, 0.15) is 12.1 Å². The van der Waals surface area contributed by atoms with Crippen molar-refractivity contribution >= 4 is 11.8 Å². The minimum Gasteiger partial charge on any atom is -0.381 e. The maximum atomic E-state index is 13.0. The average molecular weight is 280 g/mol. The summed E-state index contributed by atoms with van der Waals surface area (Å²) in [5, 5.41) is 3.01. The average Bonchev–Trinajstić information content (AvgIpc) is 2.44. The van der Waals surface area contributed by atoms with E-state index in [2.05, 4.69) is 12.2 Å². The van der Waals surface area contributed by atoms with Crippen molar-refractivity contribution in [1.29, 1.82) is 0 Å². The van der Waals surface area contributed by atoms with Gasteiger partial charge in [0.15, 0.2) is 0 Å². The molecule has 5 nitrogen and oxygen atoms in total. The first-order valence-electron chi connectivity index (χ1n) is 7.77. The van der Waals surface area contributed by atoms with Crippen molar-refractivity contribution in [3.05, 3.63) is 0 Å². The summed E-state index contributed by atoms with van der Waals surface area (Å²) >= 11 is 0. The Morgan fingerprint density at radius 3 is 2.35 bits per heavy atom. The molecule has 2 heterocycles. The largest absolute Gasteiger partial charge is 0.381 e. The SMILES string of the molecule is CC1(N2CC(=O)NC3(CCCCC3)C2=O)CCOCC1. The number of rotatable bonds is 1. The molecule has 1 N–H and O–H groups in total. The second kappa shape index (κ2) is 5.02. The Balaban J connectivity index is 1.86. The molecule has 0 unspecified atom stereocenters. The van der Waals surface area contributed by atoms with E-state index in [1.54, 1.807) is 0 Å². The van der Waals surface area contributed by atoms with Crippen LogP contribution in [0.3, 0.4) is 0 Å². The lowest BCUT2D eigenvalue weighted by molar-refractivity contribution is -0.161. The molecule has 1 saturated carbocycles. The first kappa shape index (κ1) is 13.9. The van der Waals surface area contributed by atoms with E-state index in [0.717, 1.165) is 44.9 Å². The predicted octanol–water partition coefficient (Wildman–Crippen LogP) is 1.22. The third-order valence-corrected chi connectivity index (χ3v) is 5.26. The van der Waals surface area contributed by atoms with Crippen LogP contribution in [0.5, 0.6) is 0 Å². The summed E-state index contributed by atoms with van der Waals surface area (Å²) in [6, 6.07) is 0. The van der Waals surface area contributed by atoms with E-state index in [-0.39, 0.29) is 23.9 Å². The van der Waals surface area contributed by atoms with Gasteiger partial charge < -0.3 is 15.0 Å². The highest BCUT2D eigenvalue weighted by Crippen LogP contribution is 2.37. The van der Waals surface area contributed by atoms with Gasteiger partial charge in [-0.25, -0.2) is 0 Å². The Bertz CT molecular complexity index is 409. The summed E-state index contributed by atoms with van der Waals surface area (Å²) in [7, 11) is 0. The van der Waals surface area contributed by atoms with E-state index in [9.17, 15) is 9.59 Å².